The van der Waals surface area contributed by atoms with Crippen molar-refractivity contribution in [3.8, 4) is 5.75 Å². The van der Waals surface area contributed by atoms with Gasteiger partial charge in [-0.2, -0.15) is 17.5 Å². The van der Waals surface area contributed by atoms with Gasteiger partial charge in [-0.25, -0.2) is 8.42 Å². The summed E-state index contributed by atoms with van der Waals surface area (Å²) in [7, 11) is -2.56. The maximum Gasteiger partial charge on any atom is 0.416 e. The zero-order valence-electron chi connectivity index (χ0n) is 16.0. The van der Waals surface area contributed by atoms with Gasteiger partial charge in [-0.1, -0.05) is 12.1 Å². The topological polar surface area (TPSA) is 66.8 Å². The molecule has 5 nitrogen and oxygen atoms in total. The molecule has 2 atom stereocenters. The maximum atomic E-state index is 13.1. The van der Waals surface area contributed by atoms with Crippen LogP contribution in [0.3, 0.4) is 0 Å². The summed E-state index contributed by atoms with van der Waals surface area (Å²) in [6, 6.07) is 9.34. The Kier molecular flexibility index (Phi) is 5.68. The molecule has 0 saturated carbocycles. The summed E-state index contributed by atoms with van der Waals surface area (Å²) >= 11 is 0. The van der Waals surface area contributed by atoms with Gasteiger partial charge >= 0.3 is 6.18 Å². The van der Waals surface area contributed by atoms with E-state index in [1.165, 1.54) is 11.4 Å². The van der Waals surface area contributed by atoms with E-state index in [9.17, 15) is 26.7 Å². The summed E-state index contributed by atoms with van der Waals surface area (Å²) in [6.45, 7) is 1.72. The Bertz CT molecular complexity index is 955. The minimum Gasteiger partial charge on any atom is -0.497 e. The molecule has 3 rings (SSSR count). The molecule has 29 heavy (non-hydrogen) atoms. The van der Waals surface area contributed by atoms with Crippen LogP contribution in [0.2, 0.25) is 0 Å². The van der Waals surface area contributed by atoms with Crippen LogP contribution < -0.4 is 4.74 Å². The molecule has 2 aromatic carbocycles. The molecule has 9 heteroatoms. The summed E-state index contributed by atoms with van der Waals surface area (Å²) in [5.41, 5.74) is -1.88. The molecule has 2 aromatic rings. The second kappa shape index (κ2) is 7.62. The Balaban J connectivity index is 1.92. The lowest BCUT2D eigenvalue weighted by Crippen LogP contribution is -2.48. The molecular formula is C20H22F3NO4S. The Morgan fingerprint density at radius 3 is 2.10 bits per heavy atom. The lowest BCUT2D eigenvalue weighted by atomic mass is 9.87. The average Bonchev–Trinajstić information content (AvgIpc) is 3.19. The molecule has 1 aliphatic rings. The fourth-order valence-electron chi connectivity index (χ4n) is 3.66. The number of hydrogen-bond acceptors (Lipinski definition) is 4. The second-order valence-corrected chi connectivity index (χ2v) is 9.06. The van der Waals surface area contributed by atoms with Gasteiger partial charge < -0.3 is 9.84 Å². The monoisotopic (exact) mass is 429 g/mol. The van der Waals surface area contributed by atoms with Crippen LogP contribution in [0.5, 0.6) is 5.75 Å². The minimum atomic E-state index is -4.55. The van der Waals surface area contributed by atoms with E-state index in [1.54, 1.807) is 31.2 Å². The van der Waals surface area contributed by atoms with E-state index in [0.717, 1.165) is 24.3 Å². The molecule has 0 spiro atoms. The van der Waals surface area contributed by atoms with Gasteiger partial charge in [0.25, 0.3) is 0 Å². The van der Waals surface area contributed by atoms with Gasteiger partial charge in [-0.3, -0.25) is 0 Å². The highest BCUT2D eigenvalue weighted by Gasteiger charge is 2.46. The van der Waals surface area contributed by atoms with Gasteiger partial charge in [0.15, 0.2) is 0 Å². The first kappa shape index (κ1) is 21.6. The Labute approximate surface area is 167 Å². The fourth-order valence-corrected chi connectivity index (χ4v) is 5.43. The van der Waals surface area contributed by atoms with Crippen molar-refractivity contribution in [3.63, 3.8) is 0 Å². The third-order valence-corrected chi connectivity index (χ3v) is 7.24. The number of sulfonamides is 1. The van der Waals surface area contributed by atoms with E-state index in [4.69, 9.17) is 4.74 Å². The van der Waals surface area contributed by atoms with Crippen molar-refractivity contribution in [2.24, 2.45) is 0 Å². The fraction of sp³-hybridized carbons (Fsp3) is 0.400. The van der Waals surface area contributed by atoms with Gasteiger partial charge in [0.05, 0.1) is 23.6 Å². The Morgan fingerprint density at radius 1 is 1.03 bits per heavy atom. The molecule has 1 saturated heterocycles. The first-order valence-corrected chi connectivity index (χ1v) is 10.5. The molecule has 1 aliphatic heterocycles. The molecular weight excluding hydrogens is 407 g/mol. The number of hydrogen-bond donors (Lipinski definition) is 1. The summed E-state index contributed by atoms with van der Waals surface area (Å²) in [5, 5.41) is 11.2. The molecule has 1 N–H and O–H groups in total. The van der Waals surface area contributed by atoms with Gasteiger partial charge in [-0.15, -0.1) is 0 Å². The molecule has 0 amide bonds. The summed E-state index contributed by atoms with van der Waals surface area (Å²) in [5.74, 6) is 0.602. The predicted molar refractivity (Wildman–Crippen MR) is 101 cm³/mol. The average molecular weight is 429 g/mol. The predicted octanol–water partition coefficient (Wildman–Crippen LogP) is 3.77. The first-order valence-electron chi connectivity index (χ1n) is 9.04. The lowest BCUT2D eigenvalue weighted by molar-refractivity contribution is -0.137. The van der Waals surface area contributed by atoms with Crippen LogP contribution >= 0.6 is 0 Å². The summed E-state index contributed by atoms with van der Waals surface area (Å²) in [6.07, 6.45) is -3.58. The van der Waals surface area contributed by atoms with Gasteiger partial charge in [-0.05, 0) is 61.7 Å². The number of nitrogens with zero attached hydrogens (tertiary/aromatic N) is 1. The van der Waals surface area contributed by atoms with Crippen LogP contribution in [0, 0.1) is 0 Å². The van der Waals surface area contributed by atoms with Crippen LogP contribution in [0.15, 0.2) is 53.4 Å². The highest BCUT2D eigenvalue weighted by atomic mass is 32.2. The van der Waals surface area contributed by atoms with E-state index in [-0.39, 0.29) is 11.4 Å². The van der Waals surface area contributed by atoms with Crippen LogP contribution in [0.1, 0.15) is 30.9 Å². The van der Waals surface area contributed by atoms with E-state index in [2.05, 4.69) is 0 Å². The van der Waals surface area contributed by atoms with Crippen LogP contribution in [0.4, 0.5) is 13.2 Å². The SMILES string of the molecule is COc1ccc([C@@](C)(O)[C@H]2CCCN2S(=O)(=O)c2ccc(C(F)(F)F)cc2)cc1. The molecule has 158 valence electrons. The van der Waals surface area contributed by atoms with Gasteiger partial charge in [0.2, 0.25) is 10.0 Å². The first-order chi connectivity index (χ1) is 13.5. The number of aliphatic hydroxyl groups is 1. The highest BCUT2D eigenvalue weighted by molar-refractivity contribution is 7.89. The standard InChI is InChI=1S/C20H22F3NO4S/c1-19(25,14-5-9-16(28-2)10-6-14)18-4-3-13-24(18)29(26,27)17-11-7-15(8-12-17)20(21,22)23/h5-12,18,25H,3-4,13H2,1-2H3/t18-,19-/m1/s1. The van der Waals surface area contributed by atoms with Crippen molar-refractivity contribution in [2.45, 2.75) is 42.5 Å². The van der Waals surface area contributed by atoms with E-state index in [0.29, 0.717) is 24.2 Å². The Hall–Kier alpha value is -2.10. The van der Waals surface area contributed by atoms with Gasteiger partial charge in [0, 0.05) is 6.54 Å². The van der Waals surface area contributed by atoms with Crippen LogP contribution in [-0.4, -0.2) is 37.5 Å². The summed E-state index contributed by atoms with van der Waals surface area (Å²) < 4.78 is 70.8. The van der Waals surface area contributed by atoms with Crippen molar-refractivity contribution in [1.29, 1.82) is 0 Å². The van der Waals surface area contributed by atoms with Crippen molar-refractivity contribution in [1.82, 2.24) is 4.31 Å². The zero-order valence-corrected chi connectivity index (χ0v) is 16.8. The van der Waals surface area contributed by atoms with Crippen molar-refractivity contribution < 1.29 is 31.4 Å². The molecule has 0 radical (unpaired) electrons. The Morgan fingerprint density at radius 2 is 1.59 bits per heavy atom. The molecule has 0 aliphatic carbocycles. The van der Waals surface area contributed by atoms with Crippen LogP contribution in [-0.2, 0) is 21.8 Å². The van der Waals surface area contributed by atoms with E-state index >= 15 is 0 Å². The van der Waals surface area contributed by atoms with Crippen LogP contribution in [0.25, 0.3) is 0 Å². The number of benzene rings is 2. The largest absolute Gasteiger partial charge is 0.497 e. The van der Waals surface area contributed by atoms with E-state index in [1.807, 2.05) is 0 Å². The second-order valence-electron chi connectivity index (χ2n) is 7.17. The molecule has 0 bridgehead atoms. The number of halogens is 3. The highest BCUT2D eigenvalue weighted by Crippen LogP contribution is 2.38. The van der Waals surface area contributed by atoms with Crippen molar-refractivity contribution in [2.75, 3.05) is 13.7 Å². The van der Waals surface area contributed by atoms with E-state index < -0.39 is 33.4 Å². The minimum absolute atomic E-state index is 0.181. The molecule has 1 heterocycles. The smallest absolute Gasteiger partial charge is 0.416 e. The summed E-state index contributed by atoms with van der Waals surface area (Å²) in [4.78, 5) is -0.233. The van der Waals surface area contributed by atoms with Gasteiger partial charge in [0.1, 0.15) is 11.4 Å². The number of alkyl halides is 3. The maximum absolute atomic E-state index is 13.1. The molecule has 0 unspecified atom stereocenters. The number of methoxy groups -OCH3 is 1. The third kappa shape index (κ3) is 4.12. The lowest BCUT2D eigenvalue weighted by Gasteiger charge is -2.36. The van der Waals surface area contributed by atoms with Crippen molar-refractivity contribution in [3.05, 3.63) is 59.7 Å². The zero-order chi connectivity index (χ0) is 21.4. The third-order valence-electron chi connectivity index (χ3n) is 5.32. The van der Waals surface area contributed by atoms with Crippen molar-refractivity contribution >= 4 is 10.0 Å². The normalized spacial score (nSPS) is 20.4. The molecule has 0 aromatic heterocycles. The number of ether oxygens (including phenoxy) is 1. The number of rotatable bonds is 5. The quantitative estimate of drug-likeness (QED) is 0.786. The molecule has 1 fully saturated rings.